The standard InChI is InChI=1S/C6H6ClN3O4S/c7-6-9-4(3-15-6)5(11)8-1-2-14-10(12)13/h3H,1-2H2,(H,8,11). The number of hydrogen-bond acceptors (Lipinski definition) is 6. The molecule has 0 aliphatic carbocycles. The molecule has 0 radical (unpaired) electrons. The van der Waals surface area contributed by atoms with Crippen molar-refractivity contribution in [2.24, 2.45) is 0 Å². The van der Waals surface area contributed by atoms with Crippen molar-refractivity contribution in [3.63, 3.8) is 0 Å². The summed E-state index contributed by atoms with van der Waals surface area (Å²) in [7, 11) is 0. The summed E-state index contributed by atoms with van der Waals surface area (Å²) in [6.45, 7) is -0.161. The van der Waals surface area contributed by atoms with Crippen LogP contribution >= 0.6 is 22.9 Å². The summed E-state index contributed by atoms with van der Waals surface area (Å²) in [5.41, 5.74) is 0.186. The molecule has 1 aromatic rings. The molecule has 1 amide bonds. The topological polar surface area (TPSA) is 94.4 Å². The fraction of sp³-hybridized carbons (Fsp3) is 0.333. The number of thiazole rings is 1. The molecule has 15 heavy (non-hydrogen) atoms. The number of halogens is 1. The van der Waals surface area contributed by atoms with Crippen molar-refractivity contribution < 1.29 is 14.7 Å². The van der Waals surface area contributed by atoms with Crippen molar-refractivity contribution in [2.75, 3.05) is 13.2 Å². The van der Waals surface area contributed by atoms with Crippen molar-refractivity contribution in [1.29, 1.82) is 0 Å². The molecule has 0 spiro atoms. The molecular formula is C6H6ClN3O4S. The van der Waals surface area contributed by atoms with E-state index in [0.717, 1.165) is 11.3 Å². The first-order valence-corrected chi connectivity index (χ1v) is 5.02. The van der Waals surface area contributed by atoms with Gasteiger partial charge >= 0.3 is 0 Å². The SMILES string of the molecule is O=C(NCCO[N+](=O)[O-])c1csc(Cl)n1. The summed E-state index contributed by atoms with van der Waals surface area (Å²) in [4.78, 5) is 28.7. The highest BCUT2D eigenvalue weighted by Crippen LogP contribution is 2.14. The van der Waals surface area contributed by atoms with E-state index in [1.807, 2.05) is 0 Å². The smallest absolute Gasteiger partial charge is 0.294 e. The number of aromatic nitrogens is 1. The van der Waals surface area contributed by atoms with Gasteiger partial charge in [0.05, 0.1) is 0 Å². The zero-order chi connectivity index (χ0) is 11.3. The van der Waals surface area contributed by atoms with Gasteiger partial charge in [0, 0.05) is 11.9 Å². The molecule has 0 unspecified atom stereocenters. The largest absolute Gasteiger partial charge is 0.349 e. The predicted octanol–water partition coefficient (Wildman–Crippen LogP) is 0.735. The lowest BCUT2D eigenvalue weighted by Gasteiger charge is -2.00. The molecule has 0 aliphatic heterocycles. The zero-order valence-electron chi connectivity index (χ0n) is 7.31. The molecule has 1 aromatic heterocycles. The summed E-state index contributed by atoms with van der Waals surface area (Å²) >= 11 is 6.65. The summed E-state index contributed by atoms with van der Waals surface area (Å²) in [5, 5.41) is 12.7. The third kappa shape index (κ3) is 4.09. The Kier molecular flexibility index (Phi) is 4.25. The molecule has 0 aromatic carbocycles. The van der Waals surface area contributed by atoms with Gasteiger partial charge in [-0.05, 0) is 0 Å². The normalized spacial score (nSPS) is 9.67. The monoisotopic (exact) mass is 251 g/mol. The van der Waals surface area contributed by atoms with E-state index < -0.39 is 11.0 Å². The van der Waals surface area contributed by atoms with Crippen LogP contribution in [0.15, 0.2) is 5.38 Å². The van der Waals surface area contributed by atoms with Crippen LogP contribution in [-0.4, -0.2) is 29.1 Å². The van der Waals surface area contributed by atoms with Crippen LogP contribution in [0.25, 0.3) is 0 Å². The van der Waals surface area contributed by atoms with E-state index in [9.17, 15) is 14.9 Å². The molecule has 0 saturated heterocycles. The van der Waals surface area contributed by atoms with E-state index in [-0.39, 0.29) is 23.3 Å². The number of rotatable bonds is 5. The van der Waals surface area contributed by atoms with E-state index in [0.29, 0.717) is 0 Å². The second-order valence-electron chi connectivity index (χ2n) is 2.30. The Morgan fingerprint density at radius 3 is 3.07 bits per heavy atom. The van der Waals surface area contributed by atoms with E-state index in [1.165, 1.54) is 5.38 Å². The lowest BCUT2D eigenvalue weighted by molar-refractivity contribution is -0.757. The van der Waals surface area contributed by atoms with Gasteiger partial charge in [0.2, 0.25) is 0 Å². The molecule has 9 heteroatoms. The van der Waals surface area contributed by atoms with Crippen molar-refractivity contribution in [1.82, 2.24) is 10.3 Å². The Labute approximate surface area is 93.1 Å². The number of nitrogens with one attached hydrogen (secondary N) is 1. The molecule has 0 fully saturated rings. The van der Waals surface area contributed by atoms with Gasteiger partial charge in [0.1, 0.15) is 12.3 Å². The Morgan fingerprint density at radius 1 is 1.80 bits per heavy atom. The maximum absolute atomic E-state index is 11.3. The summed E-state index contributed by atoms with van der Waals surface area (Å²) < 4.78 is 0.265. The highest BCUT2D eigenvalue weighted by molar-refractivity contribution is 7.14. The Hall–Kier alpha value is -1.41. The molecule has 0 bridgehead atoms. The molecule has 1 N–H and O–H groups in total. The third-order valence-electron chi connectivity index (χ3n) is 1.29. The number of hydrogen-bond donors (Lipinski definition) is 1. The van der Waals surface area contributed by atoms with Crippen molar-refractivity contribution in [3.8, 4) is 0 Å². The highest BCUT2D eigenvalue weighted by Gasteiger charge is 2.08. The van der Waals surface area contributed by atoms with Crippen LogP contribution in [0.5, 0.6) is 0 Å². The minimum atomic E-state index is -0.925. The molecule has 1 rings (SSSR count). The van der Waals surface area contributed by atoms with E-state index in [1.54, 1.807) is 0 Å². The Morgan fingerprint density at radius 2 is 2.53 bits per heavy atom. The number of carbonyl (C=O) groups excluding carboxylic acids is 1. The van der Waals surface area contributed by atoms with E-state index in [2.05, 4.69) is 15.1 Å². The van der Waals surface area contributed by atoms with Crippen LogP contribution in [0.4, 0.5) is 0 Å². The molecule has 82 valence electrons. The van der Waals surface area contributed by atoms with Gasteiger partial charge in [-0.1, -0.05) is 11.6 Å². The van der Waals surface area contributed by atoms with Crippen molar-refractivity contribution in [2.45, 2.75) is 0 Å². The van der Waals surface area contributed by atoms with E-state index in [4.69, 9.17) is 11.6 Å². The first kappa shape index (κ1) is 11.7. The first-order valence-electron chi connectivity index (χ1n) is 3.76. The van der Waals surface area contributed by atoms with Gasteiger partial charge in [0.15, 0.2) is 4.47 Å². The Bertz CT molecular complexity index is 369. The number of amides is 1. The van der Waals surface area contributed by atoms with Crippen molar-refractivity contribution >= 4 is 28.8 Å². The maximum Gasteiger partial charge on any atom is 0.294 e. The minimum Gasteiger partial charge on any atom is -0.349 e. The summed E-state index contributed by atoms with van der Waals surface area (Å²) in [5.74, 6) is -0.440. The van der Waals surface area contributed by atoms with Crippen LogP contribution in [0.2, 0.25) is 4.47 Å². The molecular weight excluding hydrogens is 246 g/mol. The molecule has 0 saturated carbocycles. The average Bonchev–Trinajstić information content (AvgIpc) is 2.59. The predicted molar refractivity (Wildman–Crippen MR) is 52.4 cm³/mol. The highest BCUT2D eigenvalue weighted by atomic mass is 35.5. The summed E-state index contributed by atoms with van der Waals surface area (Å²) in [6, 6.07) is 0. The van der Waals surface area contributed by atoms with Crippen LogP contribution in [-0.2, 0) is 4.84 Å². The lowest BCUT2D eigenvalue weighted by Crippen LogP contribution is -2.28. The lowest BCUT2D eigenvalue weighted by atomic mass is 10.4. The van der Waals surface area contributed by atoms with Crippen LogP contribution in [0, 0.1) is 10.1 Å². The molecule has 0 atom stereocenters. The van der Waals surface area contributed by atoms with Crippen molar-refractivity contribution in [3.05, 3.63) is 25.7 Å². The van der Waals surface area contributed by atoms with Crippen LogP contribution in [0.1, 0.15) is 10.5 Å². The second kappa shape index (κ2) is 5.47. The van der Waals surface area contributed by atoms with Gasteiger partial charge in [-0.25, -0.2) is 4.98 Å². The third-order valence-corrected chi connectivity index (χ3v) is 2.27. The van der Waals surface area contributed by atoms with Gasteiger partial charge < -0.3 is 10.2 Å². The quantitative estimate of drug-likeness (QED) is 0.473. The van der Waals surface area contributed by atoms with Gasteiger partial charge in [-0.3, -0.25) is 4.79 Å². The molecule has 7 nitrogen and oxygen atoms in total. The van der Waals surface area contributed by atoms with Crippen LogP contribution < -0.4 is 5.32 Å². The Balaban J connectivity index is 2.28. The second-order valence-corrected chi connectivity index (χ2v) is 3.74. The van der Waals surface area contributed by atoms with Gasteiger partial charge in [-0.2, -0.15) is 0 Å². The molecule has 1 heterocycles. The first-order chi connectivity index (χ1) is 7.09. The maximum atomic E-state index is 11.3. The zero-order valence-corrected chi connectivity index (χ0v) is 8.88. The number of carbonyl (C=O) groups is 1. The fourth-order valence-corrected chi connectivity index (χ4v) is 1.48. The minimum absolute atomic E-state index is 0.0367. The van der Waals surface area contributed by atoms with Gasteiger partial charge in [-0.15, -0.1) is 21.5 Å². The fourth-order valence-electron chi connectivity index (χ4n) is 0.731. The van der Waals surface area contributed by atoms with E-state index >= 15 is 0 Å². The van der Waals surface area contributed by atoms with Gasteiger partial charge in [0.25, 0.3) is 11.0 Å². The van der Waals surface area contributed by atoms with Crippen LogP contribution in [0.3, 0.4) is 0 Å². The summed E-state index contributed by atoms with van der Waals surface area (Å²) in [6.07, 6.45) is 0. The average molecular weight is 252 g/mol. The number of nitrogens with zero attached hydrogens (tertiary/aromatic N) is 2. The molecule has 0 aliphatic rings.